The third-order valence-corrected chi connectivity index (χ3v) is 8.24. The monoisotopic (exact) mass is 564 g/mol. The first-order valence-electron chi connectivity index (χ1n) is 14.5. The van der Waals surface area contributed by atoms with Gasteiger partial charge in [0.25, 0.3) is 0 Å². The number of hydrogen-bond donors (Lipinski definition) is 0. The molecule has 1 nitrogen and oxygen atoms in total. The molecule has 7 heteroatoms. The van der Waals surface area contributed by atoms with E-state index in [9.17, 15) is 22.0 Å². The Bertz CT molecular complexity index is 1240. The fourth-order valence-electron chi connectivity index (χ4n) is 5.93. The Balaban J connectivity index is 1.32. The van der Waals surface area contributed by atoms with Crippen molar-refractivity contribution in [3.63, 3.8) is 0 Å². The van der Waals surface area contributed by atoms with E-state index in [1.165, 1.54) is 56.9 Å². The van der Waals surface area contributed by atoms with Crippen LogP contribution < -0.4 is 4.74 Å². The van der Waals surface area contributed by atoms with Crippen LogP contribution in [0.3, 0.4) is 0 Å². The molecule has 0 spiro atoms. The van der Waals surface area contributed by atoms with Crippen molar-refractivity contribution in [2.75, 3.05) is 6.61 Å². The van der Waals surface area contributed by atoms with Gasteiger partial charge in [0.05, 0.1) is 0 Å². The predicted molar refractivity (Wildman–Crippen MR) is 147 cm³/mol. The maximum Gasteiger partial charge on any atom is 0.422 e. The van der Waals surface area contributed by atoms with E-state index in [1.807, 2.05) is 18.2 Å². The van der Waals surface area contributed by atoms with Gasteiger partial charge in [-0.15, -0.1) is 0 Å². The second-order valence-corrected chi connectivity index (χ2v) is 11.3. The van der Waals surface area contributed by atoms with Gasteiger partial charge in [-0.3, -0.25) is 0 Å². The van der Waals surface area contributed by atoms with Crippen molar-refractivity contribution < 1.29 is 31.1 Å². The fraction of sp³-hybridized carbons (Fsp3) is 0.515. The van der Waals surface area contributed by atoms with Crippen LogP contribution in [0.4, 0.5) is 26.3 Å². The van der Waals surface area contributed by atoms with Gasteiger partial charge in [-0.25, -0.2) is 13.2 Å². The Hall–Kier alpha value is -2.70. The zero-order valence-corrected chi connectivity index (χ0v) is 23.1. The highest BCUT2D eigenvalue weighted by Gasteiger charge is 2.30. The molecule has 1 saturated carbocycles. The number of alkyl halides is 3. The molecule has 218 valence electrons. The second-order valence-electron chi connectivity index (χ2n) is 11.3. The van der Waals surface area contributed by atoms with Crippen molar-refractivity contribution in [2.24, 2.45) is 11.8 Å². The smallest absolute Gasteiger partial charge is 0.422 e. The number of rotatable bonds is 12. The highest BCUT2D eigenvalue weighted by molar-refractivity contribution is 5.84. The highest BCUT2D eigenvalue weighted by atomic mass is 19.4. The van der Waals surface area contributed by atoms with Gasteiger partial charge in [-0.1, -0.05) is 88.6 Å². The molecular weight excluding hydrogens is 526 g/mol. The highest BCUT2D eigenvalue weighted by Crippen LogP contribution is 2.35. The van der Waals surface area contributed by atoms with Gasteiger partial charge >= 0.3 is 6.18 Å². The maximum absolute atomic E-state index is 15.3. The summed E-state index contributed by atoms with van der Waals surface area (Å²) in [6, 6.07) is 11.2. The average Bonchev–Trinajstić information content (AvgIpc) is 2.91. The predicted octanol–water partition coefficient (Wildman–Crippen LogP) is 10.3. The number of ether oxygens (including phenoxy) is 1. The first kappa shape index (κ1) is 30.3. The third kappa shape index (κ3) is 8.40. The quantitative estimate of drug-likeness (QED) is 0.157. The summed E-state index contributed by atoms with van der Waals surface area (Å²) in [6.07, 6.45) is 8.37. The van der Waals surface area contributed by atoms with Crippen molar-refractivity contribution in [3.05, 3.63) is 76.6 Å². The lowest BCUT2D eigenvalue weighted by molar-refractivity contribution is -0.154. The molecular formula is C33H38F6O. The first-order chi connectivity index (χ1) is 19.1. The molecule has 0 amide bonds. The summed E-state index contributed by atoms with van der Waals surface area (Å²) in [6.45, 7) is 0.461. The fourth-order valence-corrected chi connectivity index (χ4v) is 5.93. The Morgan fingerprint density at radius 1 is 0.750 bits per heavy atom. The lowest BCUT2D eigenvalue weighted by Gasteiger charge is -2.28. The molecule has 1 fully saturated rings. The summed E-state index contributed by atoms with van der Waals surface area (Å²) >= 11 is 0. The van der Waals surface area contributed by atoms with E-state index in [2.05, 4.69) is 11.7 Å². The molecule has 0 saturated heterocycles. The molecule has 1 aliphatic carbocycles. The van der Waals surface area contributed by atoms with E-state index in [1.54, 1.807) is 12.1 Å². The van der Waals surface area contributed by atoms with Crippen molar-refractivity contribution in [3.8, 4) is 5.75 Å². The number of aryl methyl sites for hydroxylation is 3. The molecule has 1 aliphatic rings. The van der Waals surface area contributed by atoms with Gasteiger partial charge in [-0.05, 0) is 71.7 Å². The maximum atomic E-state index is 15.3. The zero-order valence-electron chi connectivity index (χ0n) is 23.1. The summed E-state index contributed by atoms with van der Waals surface area (Å²) in [4.78, 5) is 0. The molecule has 3 aromatic rings. The van der Waals surface area contributed by atoms with Crippen LogP contribution >= 0.6 is 0 Å². The van der Waals surface area contributed by atoms with Crippen molar-refractivity contribution in [1.29, 1.82) is 0 Å². The summed E-state index contributed by atoms with van der Waals surface area (Å²) in [5.74, 6) is -2.20. The van der Waals surface area contributed by atoms with Crippen LogP contribution in [0.5, 0.6) is 5.75 Å². The van der Waals surface area contributed by atoms with Crippen LogP contribution in [0.25, 0.3) is 10.8 Å². The van der Waals surface area contributed by atoms with Crippen molar-refractivity contribution in [1.82, 2.24) is 0 Å². The van der Waals surface area contributed by atoms with Gasteiger partial charge in [0, 0.05) is 5.39 Å². The molecule has 0 radical (unpaired) electrons. The van der Waals surface area contributed by atoms with Gasteiger partial charge in [0.2, 0.25) is 0 Å². The van der Waals surface area contributed by atoms with Crippen LogP contribution in [0.2, 0.25) is 0 Å². The molecule has 0 bridgehead atoms. The molecule has 0 N–H and O–H groups in total. The van der Waals surface area contributed by atoms with Gasteiger partial charge in [0.1, 0.15) is 5.82 Å². The Morgan fingerprint density at radius 3 is 2.08 bits per heavy atom. The summed E-state index contributed by atoms with van der Waals surface area (Å²) in [7, 11) is 0. The molecule has 0 atom stereocenters. The molecule has 0 heterocycles. The largest absolute Gasteiger partial charge is 0.478 e. The molecule has 0 unspecified atom stereocenters. The Labute approximate surface area is 232 Å². The molecule has 40 heavy (non-hydrogen) atoms. The lowest BCUT2D eigenvalue weighted by Crippen LogP contribution is -2.20. The Morgan fingerprint density at radius 2 is 1.43 bits per heavy atom. The minimum Gasteiger partial charge on any atom is -0.478 e. The molecule has 0 aliphatic heterocycles. The normalized spacial score (nSPS) is 17.9. The third-order valence-electron chi connectivity index (χ3n) is 8.24. The van der Waals surface area contributed by atoms with E-state index in [0.29, 0.717) is 10.9 Å². The van der Waals surface area contributed by atoms with E-state index in [0.717, 1.165) is 42.2 Å². The Kier molecular flexibility index (Phi) is 10.4. The SMILES string of the molecule is CCCCCC1CCC(CCc2ccc3c(F)c(CCc4cc(F)c(OCC(F)(F)F)c(F)c4)ccc3c2)CC1. The standard InChI is InChI=1S/C33H38F6O/c1-2-3-4-5-22-6-8-23(9-7-22)10-11-24-13-17-28-27(18-24)16-15-26(31(28)36)14-12-25-19-29(34)32(30(35)20-25)40-21-33(37,38)39/h13,15-20,22-23H,2-12,14,21H2,1H3. The van der Waals surface area contributed by atoms with Crippen molar-refractivity contribution in [2.45, 2.75) is 90.1 Å². The van der Waals surface area contributed by atoms with Crippen LogP contribution in [-0.4, -0.2) is 12.8 Å². The van der Waals surface area contributed by atoms with Gasteiger partial charge in [0.15, 0.2) is 24.0 Å². The number of benzene rings is 3. The minimum atomic E-state index is -4.71. The molecule has 0 aromatic heterocycles. The minimum absolute atomic E-state index is 0.120. The lowest BCUT2D eigenvalue weighted by atomic mass is 9.77. The molecule has 4 rings (SSSR count). The van der Waals surface area contributed by atoms with Gasteiger partial charge < -0.3 is 4.74 Å². The van der Waals surface area contributed by atoms with E-state index < -0.39 is 30.2 Å². The summed E-state index contributed by atoms with van der Waals surface area (Å²) in [5, 5.41) is 1.32. The van der Waals surface area contributed by atoms with E-state index in [-0.39, 0.29) is 24.2 Å². The topological polar surface area (TPSA) is 9.23 Å². The second kappa shape index (κ2) is 13.8. The van der Waals surface area contributed by atoms with Crippen LogP contribution in [0.1, 0.15) is 81.4 Å². The van der Waals surface area contributed by atoms with Crippen LogP contribution in [0.15, 0.2) is 42.5 Å². The number of hydrogen-bond acceptors (Lipinski definition) is 1. The number of unbranched alkanes of at least 4 members (excludes halogenated alkanes) is 2. The average molecular weight is 565 g/mol. The summed E-state index contributed by atoms with van der Waals surface area (Å²) in [5.41, 5.74) is 1.82. The summed E-state index contributed by atoms with van der Waals surface area (Å²) < 4.78 is 84.9. The van der Waals surface area contributed by atoms with Crippen molar-refractivity contribution >= 4 is 10.8 Å². The molecule has 3 aromatic carbocycles. The van der Waals surface area contributed by atoms with E-state index in [4.69, 9.17) is 0 Å². The zero-order chi connectivity index (χ0) is 28.7. The van der Waals surface area contributed by atoms with E-state index >= 15 is 4.39 Å². The van der Waals surface area contributed by atoms with Gasteiger partial charge in [-0.2, -0.15) is 13.2 Å². The first-order valence-corrected chi connectivity index (χ1v) is 14.5. The van der Waals surface area contributed by atoms with Crippen LogP contribution in [0, 0.1) is 29.3 Å². The van der Waals surface area contributed by atoms with Crippen LogP contribution in [-0.2, 0) is 19.3 Å². The number of fused-ring (bicyclic) bond motifs is 1. The number of halogens is 6.